The van der Waals surface area contributed by atoms with Gasteiger partial charge in [0, 0.05) is 31.4 Å². The topological polar surface area (TPSA) is 86.8 Å². The number of piperazine rings is 1. The van der Waals surface area contributed by atoms with Crippen molar-refractivity contribution >= 4 is 17.6 Å². The van der Waals surface area contributed by atoms with E-state index in [1.54, 1.807) is 18.1 Å². The second-order valence-corrected chi connectivity index (χ2v) is 7.53. The number of esters is 2. The normalized spacial score (nSPS) is 19.8. The summed E-state index contributed by atoms with van der Waals surface area (Å²) in [5.74, 6) is -1.47. The third kappa shape index (κ3) is 3.61. The molecule has 2 fully saturated rings. The lowest BCUT2D eigenvalue weighted by molar-refractivity contribution is -0.193. The zero-order chi connectivity index (χ0) is 21.4. The van der Waals surface area contributed by atoms with Gasteiger partial charge in [-0.3, -0.25) is 9.80 Å². The molecule has 0 unspecified atom stereocenters. The van der Waals surface area contributed by atoms with Crippen molar-refractivity contribution in [3.05, 3.63) is 48.0 Å². The van der Waals surface area contributed by atoms with E-state index in [1.807, 2.05) is 36.4 Å². The first kappa shape index (κ1) is 19.5. The van der Waals surface area contributed by atoms with Gasteiger partial charge in [-0.1, -0.05) is 12.1 Å². The lowest BCUT2D eigenvalue weighted by Gasteiger charge is -2.46. The van der Waals surface area contributed by atoms with Gasteiger partial charge in [-0.15, -0.1) is 0 Å². The molecule has 3 aliphatic heterocycles. The molecule has 9 nitrogen and oxygen atoms in total. The number of carbonyl (C=O) groups is 2. The molecule has 2 aromatic rings. The quantitative estimate of drug-likeness (QED) is 0.534. The van der Waals surface area contributed by atoms with Gasteiger partial charge >= 0.3 is 17.8 Å². The van der Waals surface area contributed by atoms with Crippen molar-refractivity contribution in [2.45, 2.75) is 12.5 Å². The van der Waals surface area contributed by atoms with E-state index in [0.29, 0.717) is 44.3 Å². The van der Waals surface area contributed by atoms with Crippen molar-refractivity contribution in [1.29, 1.82) is 0 Å². The van der Waals surface area contributed by atoms with E-state index in [4.69, 9.17) is 23.7 Å². The summed E-state index contributed by atoms with van der Waals surface area (Å²) >= 11 is 0. The van der Waals surface area contributed by atoms with Crippen molar-refractivity contribution in [3.8, 4) is 17.2 Å². The Morgan fingerprint density at radius 3 is 2.35 bits per heavy atom. The molecule has 0 amide bonds. The van der Waals surface area contributed by atoms with Gasteiger partial charge in [0.25, 0.3) is 0 Å². The molecule has 31 heavy (non-hydrogen) atoms. The maximum Gasteiger partial charge on any atom is 0.422 e. The highest BCUT2D eigenvalue weighted by Gasteiger charge is 2.56. The number of hydrogen-bond donors (Lipinski definition) is 0. The summed E-state index contributed by atoms with van der Waals surface area (Å²) in [4.78, 5) is 27.9. The highest BCUT2D eigenvalue weighted by molar-refractivity contribution is 6.31. The summed E-state index contributed by atoms with van der Waals surface area (Å²) in [5.41, 5.74) is 1.79. The number of hydrogen-bond acceptors (Lipinski definition) is 9. The smallest absolute Gasteiger partial charge is 0.422 e. The lowest BCUT2D eigenvalue weighted by Crippen LogP contribution is -2.63. The Bertz CT molecular complexity index is 991. The molecular formula is C22H22N2O7. The third-order valence-corrected chi connectivity index (χ3v) is 5.55. The molecule has 0 saturated carbocycles. The van der Waals surface area contributed by atoms with Crippen molar-refractivity contribution in [3.63, 3.8) is 0 Å². The van der Waals surface area contributed by atoms with Gasteiger partial charge in [0.05, 0.1) is 13.7 Å². The summed E-state index contributed by atoms with van der Waals surface area (Å²) in [5, 5.41) is 0. The Morgan fingerprint density at radius 2 is 1.65 bits per heavy atom. The van der Waals surface area contributed by atoms with Crippen LogP contribution in [0.2, 0.25) is 0 Å². The SMILES string of the molecule is COc1ccc(CN2CCN(c3ccc4c(c3)OCCO4)C3(C2)OC(=O)C(=O)O3)cc1. The number of methoxy groups -OCH3 is 1. The molecule has 0 aromatic heterocycles. The van der Waals surface area contributed by atoms with Crippen LogP contribution in [0.5, 0.6) is 17.2 Å². The highest BCUT2D eigenvalue weighted by atomic mass is 16.8. The zero-order valence-corrected chi connectivity index (χ0v) is 17.0. The van der Waals surface area contributed by atoms with Crippen LogP contribution in [0.4, 0.5) is 5.69 Å². The van der Waals surface area contributed by atoms with Crippen LogP contribution in [0.15, 0.2) is 42.5 Å². The minimum Gasteiger partial charge on any atom is -0.497 e. The Morgan fingerprint density at radius 1 is 0.935 bits per heavy atom. The average molecular weight is 426 g/mol. The van der Waals surface area contributed by atoms with Gasteiger partial charge in [0.15, 0.2) is 11.5 Å². The molecule has 0 aliphatic carbocycles. The van der Waals surface area contributed by atoms with Crippen LogP contribution < -0.4 is 19.1 Å². The standard InChI is InChI=1S/C22H22N2O7/c1-27-17-5-2-15(3-6-17)13-23-8-9-24(22(14-23)30-20(25)21(26)31-22)16-4-7-18-19(12-16)29-11-10-28-18/h2-7,12H,8-11,13-14H2,1H3. The number of nitrogens with zero attached hydrogens (tertiary/aromatic N) is 2. The van der Waals surface area contributed by atoms with E-state index in [9.17, 15) is 9.59 Å². The van der Waals surface area contributed by atoms with Crippen molar-refractivity contribution in [1.82, 2.24) is 4.90 Å². The number of anilines is 1. The first-order valence-corrected chi connectivity index (χ1v) is 10.1. The maximum atomic E-state index is 12.0. The summed E-state index contributed by atoms with van der Waals surface area (Å²) in [7, 11) is 1.62. The molecule has 162 valence electrons. The third-order valence-electron chi connectivity index (χ3n) is 5.55. The van der Waals surface area contributed by atoms with Gasteiger partial charge in [-0.2, -0.15) is 0 Å². The Hall–Kier alpha value is -3.46. The largest absolute Gasteiger partial charge is 0.497 e. The van der Waals surface area contributed by atoms with Gasteiger partial charge in [-0.05, 0) is 29.8 Å². The second kappa shape index (κ2) is 7.66. The van der Waals surface area contributed by atoms with Crippen LogP contribution >= 0.6 is 0 Å². The monoisotopic (exact) mass is 426 g/mol. The van der Waals surface area contributed by atoms with E-state index < -0.39 is 17.8 Å². The molecule has 9 heteroatoms. The van der Waals surface area contributed by atoms with Crippen LogP contribution in [0.3, 0.4) is 0 Å². The Balaban J connectivity index is 1.41. The van der Waals surface area contributed by atoms with E-state index >= 15 is 0 Å². The summed E-state index contributed by atoms with van der Waals surface area (Å²) in [6.45, 7) is 2.94. The molecular weight excluding hydrogens is 404 g/mol. The first-order chi connectivity index (χ1) is 15.1. The van der Waals surface area contributed by atoms with Crippen LogP contribution in [0.25, 0.3) is 0 Å². The van der Waals surface area contributed by atoms with E-state index in [2.05, 4.69) is 4.90 Å². The van der Waals surface area contributed by atoms with Crippen LogP contribution in [-0.2, 0) is 25.6 Å². The van der Waals surface area contributed by atoms with E-state index in [-0.39, 0.29) is 6.54 Å². The number of carbonyl (C=O) groups excluding carboxylic acids is 2. The Kier molecular flexibility index (Phi) is 4.82. The molecule has 0 radical (unpaired) electrons. The summed E-state index contributed by atoms with van der Waals surface area (Å²) in [6, 6.07) is 13.2. The molecule has 0 atom stereocenters. The minimum absolute atomic E-state index is 0.213. The van der Waals surface area contributed by atoms with Gasteiger partial charge < -0.3 is 23.7 Å². The minimum atomic E-state index is -1.53. The molecule has 2 aromatic carbocycles. The summed E-state index contributed by atoms with van der Waals surface area (Å²) in [6.07, 6.45) is 0. The van der Waals surface area contributed by atoms with Gasteiger partial charge in [0.1, 0.15) is 19.0 Å². The maximum absolute atomic E-state index is 12.0. The molecule has 1 spiro atoms. The Labute approximate surface area is 179 Å². The highest BCUT2D eigenvalue weighted by Crippen LogP contribution is 2.39. The predicted octanol–water partition coefficient (Wildman–Crippen LogP) is 1.54. The van der Waals surface area contributed by atoms with E-state index in [1.165, 1.54) is 0 Å². The molecule has 3 heterocycles. The van der Waals surface area contributed by atoms with Crippen molar-refractivity contribution < 1.29 is 33.3 Å². The van der Waals surface area contributed by atoms with Gasteiger partial charge in [-0.25, -0.2) is 9.59 Å². The second-order valence-electron chi connectivity index (χ2n) is 7.53. The van der Waals surface area contributed by atoms with Crippen LogP contribution in [0, 0.1) is 0 Å². The number of ether oxygens (including phenoxy) is 5. The average Bonchev–Trinajstić information content (AvgIpc) is 3.07. The van der Waals surface area contributed by atoms with Crippen LogP contribution in [-0.4, -0.2) is 62.7 Å². The number of rotatable bonds is 4. The molecule has 5 rings (SSSR count). The van der Waals surface area contributed by atoms with Crippen LogP contribution in [0.1, 0.15) is 5.56 Å². The zero-order valence-electron chi connectivity index (χ0n) is 17.0. The molecule has 0 bridgehead atoms. The number of benzene rings is 2. The summed E-state index contributed by atoms with van der Waals surface area (Å²) < 4.78 is 27.5. The molecule has 3 aliphatic rings. The fraction of sp³-hybridized carbons (Fsp3) is 0.364. The fourth-order valence-electron chi connectivity index (χ4n) is 4.08. The first-order valence-electron chi connectivity index (χ1n) is 10.1. The molecule has 2 saturated heterocycles. The van der Waals surface area contributed by atoms with Crippen molar-refractivity contribution in [2.24, 2.45) is 0 Å². The van der Waals surface area contributed by atoms with E-state index in [0.717, 1.165) is 17.0 Å². The predicted molar refractivity (Wildman–Crippen MR) is 108 cm³/mol. The lowest BCUT2D eigenvalue weighted by atomic mass is 10.1. The fourth-order valence-corrected chi connectivity index (χ4v) is 4.08. The number of fused-ring (bicyclic) bond motifs is 1. The van der Waals surface area contributed by atoms with Crippen molar-refractivity contribution in [2.75, 3.05) is 44.9 Å². The molecule has 0 N–H and O–H groups in total. The van der Waals surface area contributed by atoms with Gasteiger partial charge in [0.2, 0.25) is 0 Å².